The molecule has 0 saturated heterocycles. The molecule has 10 heteroatoms. The van der Waals surface area contributed by atoms with E-state index in [0.29, 0.717) is 43.4 Å². The number of methoxy groups -OCH3 is 1. The minimum atomic E-state index is -0.962. The number of phenols is 1. The second-order valence-electron chi connectivity index (χ2n) is 10.3. The van der Waals surface area contributed by atoms with E-state index in [1.54, 1.807) is 0 Å². The number of Topliss-reactive ketones (excluding diaryl/α,β-unsaturated/α-hetero) is 2. The van der Waals surface area contributed by atoms with E-state index in [4.69, 9.17) is 20.8 Å². The Labute approximate surface area is 227 Å². The van der Waals surface area contributed by atoms with Gasteiger partial charge in [0.1, 0.15) is 28.6 Å². The third kappa shape index (κ3) is 3.29. The largest absolute Gasteiger partial charge is 0.506 e. The normalized spacial score (nSPS) is 18.1. The van der Waals surface area contributed by atoms with E-state index in [2.05, 4.69) is 0 Å². The van der Waals surface area contributed by atoms with Crippen molar-refractivity contribution in [2.24, 2.45) is 7.05 Å². The number of aliphatic hydroxyl groups excluding tert-OH is 1. The molecule has 0 aliphatic heterocycles. The number of fused-ring (bicyclic) bond motifs is 5. The number of nitrogens with zero attached hydrogens (tertiary/aromatic N) is 1. The Morgan fingerprint density at radius 1 is 1.05 bits per heavy atom. The molecule has 2 aromatic heterocycles. The van der Waals surface area contributed by atoms with E-state index in [-0.39, 0.29) is 73.7 Å². The van der Waals surface area contributed by atoms with Crippen molar-refractivity contribution < 1.29 is 29.0 Å². The third-order valence-electron chi connectivity index (χ3n) is 8.17. The van der Waals surface area contributed by atoms with Crippen molar-refractivity contribution in [2.75, 3.05) is 7.11 Å². The van der Waals surface area contributed by atoms with Gasteiger partial charge in [0, 0.05) is 40.6 Å². The number of carbonyl (C=O) groups is 2. The number of phenolic OH excluding ortho intramolecular Hbond substituents is 1. The summed E-state index contributed by atoms with van der Waals surface area (Å²) in [5, 5.41) is 21.9. The van der Waals surface area contributed by atoms with Crippen molar-refractivity contribution in [3.8, 4) is 11.5 Å². The van der Waals surface area contributed by atoms with Crippen LogP contribution < -0.4 is 15.7 Å². The molecule has 6 rings (SSSR count). The van der Waals surface area contributed by atoms with Gasteiger partial charge in [0.25, 0.3) is 5.56 Å². The fourth-order valence-electron chi connectivity index (χ4n) is 6.33. The molecule has 1 atom stereocenters. The Kier molecular flexibility index (Phi) is 5.85. The molecule has 0 unspecified atom stereocenters. The molecule has 0 radical (unpaired) electrons. The zero-order valence-corrected chi connectivity index (χ0v) is 22.5. The van der Waals surface area contributed by atoms with Gasteiger partial charge in [0.05, 0.1) is 17.7 Å². The first-order valence-electron chi connectivity index (χ1n) is 13.0. The number of halogens is 1. The van der Waals surface area contributed by atoms with Gasteiger partial charge in [-0.05, 0) is 38.5 Å². The monoisotopic (exact) mass is 551 g/mol. The molecule has 9 nitrogen and oxygen atoms in total. The first kappa shape index (κ1) is 25.6. The van der Waals surface area contributed by atoms with Crippen LogP contribution in [-0.4, -0.2) is 33.5 Å². The van der Waals surface area contributed by atoms with Gasteiger partial charge >= 0.3 is 0 Å². The summed E-state index contributed by atoms with van der Waals surface area (Å²) in [6.07, 6.45) is 1.85. The number of aromatic hydroxyl groups is 1. The quantitative estimate of drug-likeness (QED) is 0.499. The average Bonchev–Trinajstić information content (AvgIpc) is 2.92. The summed E-state index contributed by atoms with van der Waals surface area (Å²) in [5.41, 5.74) is -0.558. The first-order valence-corrected chi connectivity index (χ1v) is 13.3. The fourth-order valence-corrected chi connectivity index (χ4v) is 6.73. The lowest BCUT2D eigenvalue weighted by Crippen LogP contribution is -2.36. The maximum atomic E-state index is 14.0. The Bertz CT molecular complexity index is 1810. The van der Waals surface area contributed by atoms with E-state index < -0.39 is 34.4 Å². The molecule has 3 aliphatic rings. The topological polar surface area (TPSA) is 136 Å². The number of ether oxygens (including phenoxy) is 1. The summed E-state index contributed by atoms with van der Waals surface area (Å²) in [4.78, 5) is 54.9. The summed E-state index contributed by atoms with van der Waals surface area (Å²) >= 11 is 6.63. The molecule has 202 valence electrons. The van der Waals surface area contributed by atoms with Crippen molar-refractivity contribution in [2.45, 2.75) is 58.0 Å². The van der Waals surface area contributed by atoms with Gasteiger partial charge in [-0.3, -0.25) is 19.2 Å². The number of hydrogen-bond acceptors (Lipinski definition) is 8. The standard InChI is InChI=1S/C29H26ClNO8/c1-4-6-14-21(30)18-19(29(37)31(14)2)24(35)16-11(22(18)33)9-10-12-17(16)25(36)20-23(34)13-7-5-8-15(32)26(13)39-28(20)27(12)38-3/h15,32,36H,4-10H2,1-3H3/t15-/m0/s1. The molecular formula is C29H26ClNO8. The highest BCUT2D eigenvalue weighted by Crippen LogP contribution is 2.50. The fraction of sp³-hybridized carbons (Fsp3) is 0.379. The number of benzene rings is 1. The summed E-state index contributed by atoms with van der Waals surface area (Å²) in [6.45, 7) is 1.92. The van der Waals surface area contributed by atoms with Crippen LogP contribution in [0.4, 0.5) is 0 Å². The summed E-state index contributed by atoms with van der Waals surface area (Å²) in [5.74, 6) is -1.51. The van der Waals surface area contributed by atoms with E-state index >= 15 is 0 Å². The lowest BCUT2D eigenvalue weighted by Gasteiger charge is -2.30. The van der Waals surface area contributed by atoms with Gasteiger partial charge in [0.15, 0.2) is 22.5 Å². The van der Waals surface area contributed by atoms with Crippen LogP contribution in [0.5, 0.6) is 11.5 Å². The van der Waals surface area contributed by atoms with E-state index in [1.807, 2.05) is 6.92 Å². The molecular weight excluding hydrogens is 526 g/mol. The van der Waals surface area contributed by atoms with Gasteiger partial charge in [-0.25, -0.2) is 0 Å². The van der Waals surface area contributed by atoms with Crippen LogP contribution in [0.25, 0.3) is 16.5 Å². The van der Waals surface area contributed by atoms with E-state index in [1.165, 1.54) is 18.7 Å². The number of ketones is 2. The first-order chi connectivity index (χ1) is 18.6. The zero-order valence-electron chi connectivity index (χ0n) is 21.7. The van der Waals surface area contributed by atoms with Crippen LogP contribution in [0.1, 0.15) is 87.6 Å². The maximum Gasteiger partial charge on any atom is 0.262 e. The Hall–Kier alpha value is -3.69. The number of aliphatic hydroxyl groups is 1. The van der Waals surface area contributed by atoms with Gasteiger partial charge in [-0.1, -0.05) is 24.9 Å². The molecule has 0 saturated carbocycles. The molecule has 2 N–H and O–H groups in total. The minimum absolute atomic E-state index is 0.0102. The predicted molar refractivity (Wildman–Crippen MR) is 143 cm³/mol. The number of aromatic nitrogens is 1. The molecule has 2 heterocycles. The van der Waals surface area contributed by atoms with Crippen LogP contribution in [0.15, 0.2) is 19.6 Å². The lowest BCUT2D eigenvalue weighted by molar-refractivity contribution is 0.0986. The molecule has 1 aromatic carbocycles. The van der Waals surface area contributed by atoms with E-state index in [0.717, 1.165) is 0 Å². The Morgan fingerprint density at radius 3 is 2.49 bits per heavy atom. The number of carbonyl (C=O) groups excluding carboxylic acids is 2. The van der Waals surface area contributed by atoms with Gasteiger partial charge in [-0.15, -0.1) is 0 Å². The third-order valence-corrected chi connectivity index (χ3v) is 8.58. The lowest BCUT2D eigenvalue weighted by atomic mass is 9.73. The molecule has 0 spiro atoms. The number of allylic oxidation sites excluding steroid dienone is 2. The highest BCUT2D eigenvalue weighted by atomic mass is 35.5. The second-order valence-corrected chi connectivity index (χ2v) is 10.6. The zero-order chi connectivity index (χ0) is 27.9. The van der Waals surface area contributed by atoms with Crippen LogP contribution in [-0.2, 0) is 26.3 Å². The van der Waals surface area contributed by atoms with Crippen molar-refractivity contribution in [3.63, 3.8) is 0 Å². The average molecular weight is 552 g/mol. The van der Waals surface area contributed by atoms with Gasteiger partial charge < -0.3 is 23.9 Å². The SMILES string of the molecule is CCCc1c(Cl)c2c(c(=O)n1C)C(=O)C1=C(CCc3c1c(O)c1c(=O)c4c(oc1c3OC)[C@@H](O)CCC4)C2=O. The minimum Gasteiger partial charge on any atom is -0.506 e. The van der Waals surface area contributed by atoms with Gasteiger partial charge in [-0.2, -0.15) is 0 Å². The highest BCUT2D eigenvalue weighted by molar-refractivity contribution is 6.45. The highest BCUT2D eigenvalue weighted by Gasteiger charge is 2.43. The summed E-state index contributed by atoms with van der Waals surface area (Å²) in [6, 6.07) is 0. The van der Waals surface area contributed by atoms with Crippen molar-refractivity contribution in [3.05, 3.63) is 70.4 Å². The number of hydrogen-bond donors (Lipinski definition) is 2. The van der Waals surface area contributed by atoms with Crippen LogP contribution >= 0.6 is 11.6 Å². The van der Waals surface area contributed by atoms with Crippen LogP contribution in [0.2, 0.25) is 5.02 Å². The molecule has 0 bridgehead atoms. The van der Waals surface area contributed by atoms with E-state index in [9.17, 15) is 29.4 Å². The number of pyridine rings is 1. The van der Waals surface area contributed by atoms with Crippen LogP contribution in [0.3, 0.4) is 0 Å². The molecule has 0 amide bonds. The van der Waals surface area contributed by atoms with Crippen molar-refractivity contribution in [1.82, 2.24) is 4.57 Å². The predicted octanol–water partition coefficient (Wildman–Crippen LogP) is 3.96. The Balaban J connectivity index is 1.70. The number of rotatable bonds is 3. The summed E-state index contributed by atoms with van der Waals surface area (Å²) < 4.78 is 12.9. The van der Waals surface area contributed by atoms with Crippen LogP contribution in [0, 0.1) is 0 Å². The Morgan fingerprint density at radius 2 is 1.79 bits per heavy atom. The van der Waals surface area contributed by atoms with Gasteiger partial charge in [0.2, 0.25) is 5.78 Å². The maximum absolute atomic E-state index is 14.0. The molecule has 3 aliphatic carbocycles. The summed E-state index contributed by atoms with van der Waals surface area (Å²) in [7, 11) is 2.88. The second kappa shape index (κ2) is 8.93. The molecule has 0 fully saturated rings. The molecule has 3 aromatic rings. The van der Waals surface area contributed by atoms with Crippen molar-refractivity contribution >= 4 is 39.7 Å². The smallest absolute Gasteiger partial charge is 0.262 e. The molecule has 39 heavy (non-hydrogen) atoms. The van der Waals surface area contributed by atoms with Crippen molar-refractivity contribution in [1.29, 1.82) is 0 Å².